The summed E-state index contributed by atoms with van der Waals surface area (Å²) in [4.78, 5) is 11.8. The molecule has 0 aliphatic heterocycles. The van der Waals surface area contributed by atoms with Crippen LogP contribution in [0.15, 0.2) is 48.5 Å². The molecule has 110 valence electrons. The number of carbonyl (C=O) groups is 1. The Labute approximate surface area is 134 Å². The summed E-state index contributed by atoms with van der Waals surface area (Å²) >= 11 is 7.44. The molecule has 0 saturated heterocycles. The smallest absolute Gasteiger partial charge is 0.230 e. The minimum Gasteiger partial charge on any atom is -0.351 e. The summed E-state index contributed by atoms with van der Waals surface area (Å²) in [6.45, 7) is 2.64. The number of hydrogen-bond acceptors (Lipinski definition) is 2. The molecule has 0 spiro atoms. The minimum absolute atomic E-state index is 0.0669. The molecule has 0 aliphatic carbocycles. The third-order valence-corrected chi connectivity index (χ3v) is 4.41. The van der Waals surface area contributed by atoms with Crippen LogP contribution < -0.4 is 5.32 Å². The average Bonchev–Trinajstić information content (AvgIpc) is 2.48. The van der Waals surface area contributed by atoms with Gasteiger partial charge in [0.15, 0.2) is 0 Å². The number of amides is 1. The summed E-state index contributed by atoms with van der Waals surface area (Å²) in [5.41, 5.74) is 3.54. The van der Waals surface area contributed by atoms with Gasteiger partial charge in [-0.05, 0) is 35.7 Å². The molecule has 0 atom stereocenters. The molecule has 0 radical (unpaired) electrons. The van der Waals surface area contributed by atoms with E-state index in [1.165, 1.54) is 11.1 Å². The van der Waals surface area contributed by atoms with Crippen LogP contribution in [-0.4, -0.2) is 11.7 Å². The van der Waals surface area contributed by atoms with Gasteiger partial charge >= 0.3 is 0 Å². The maximum absolute atomic E-state index is 11.8. The third-order valence-electron chi connectivity index (χ3n) is 3.15. The number of hydrogen-bond donors (Lipinski definition) is 1. The van der Waals surface area contributed by atoms with Gasteiger partial charge in [-0.15, -0.1) is 11.8 Å². The first kappa shape index (κ1) is 15.9. The van der Waals surface area contributed by atoms with Crippen molar-refractivity contribution in [1.29, 1.82) is 0 Å². The maximum Gasteiger partial charge on any atom is 0.230 e. The van der Waals surface area contributed by atoms with Crippen LogP contribution in [0.25, 0.3) is 0 Å². The molecule has 0 aromatic heterocycles. The van der Waals surface area contributed by atoms with Crippen molar-refractivity contribution in [1.82, 2.24) is 5.32 Å². The maximum atomic E-state index is 11.8. The van der Waals surface area contributed by atoms with E-state index in [0.717, 1.165) is 16.3 Å². The van der Waals surface area contributed by atoms with Gasteiger partial charge in [0, 0.05) is 17.3 Å². The van der Waals surface area contributed by atoms with Crippen molar-refractivity contribution in [2.45, 2.75) is 19.2 Å². The number of rotatable bonds is 6. The Morgan fingerprint density at radius 3 is 2.57 bits per heavy atom. The van der Waals surface area contributed by atoms with E-state index in [9.17, 15) is 4.79 Å². The molecule has 2 aromatic carbocycles. The van der Waals surface area contributed by atoms with E-state index in [1.807, 2.05) is 42.5 Å². The van der Waals surface area contributed by atoms with Crippen molar-refractivity contribution in [3.63, 3.8) is 0 Å². The molecule has 21 heavy (non-hydrogen) atoms. The second-order valence-electron chi connectivity index (χ2n) is 4.82. The lowest BCUT2D eigenvalue weighted by molar-refractivity contribution is -0.118. The highest BCUT2D eigenvalue weighted by molar-refractivity contribution is 7.99. The Hall–Kier alpha value is -1.45. The van der Waals surface area contributed by atoms with E-state index in [2.05, 4.69) is 18.3 Å². The van der Waals surface area contributed by atoms with E-state index >= 15 is 0 Å². The summed E-state index contributed by atoms with van der Waals surface area (Å²) in [5, 5.41) is 3.69. The molecule has 0 unspecified atom stereocenters. The summed E-state index contributed by atoms with van der Waals surface area (Å²) < 4.78 is 0. The molecule has 1 amide bonds. The summed E-state index contributed by atoms with van der Waals surface area (Å²) in [7, 11) is 0. The molecular formula is C17H18ClNOS. The standard InChI is InChI=1S/C17H18ClNOS/c1-13-4-2-3-5-15(13)10-19-17(20)12-21-11-14-6-8-16(18)9-7-14/h2-9H,10-12H2,1H3,(H,19,20). The quantitative estimate of drug-likeness (QED) is 0.864. The molecule has 2 aromatic rings. The Morgan fingerprint density at radius 2 is 1.86 bits per heavy atom. The van der Waals surface area contributed by atoms with Crippen LogP contribution in [-0.2, 0) is 17.1 Å². The molecule has 4 heteroatoms. The zero-order valence-electron chi connectivity index (χ0n) is 11.9. The molecule has 0 heterocycles. The summed E-state index contributed by atoms with van der Waals surface area (Å²) in [6, 6.07) is 15.8. The molecule has 2 nitrogen and oxygen atoms in total. The Kier molecular flexibility index (Phi) is 6.15. The first-order chi connectivity index (χ1) is 10.1. The van der Waals surface area contributed by atoms with Crippen molar-refractivity contribution >= 4 is 29.3 Å². The molecule has 2 rings (SSSR count). The van der Waals surface area contributed by atoms with E-state index in [-0.39, 0.29) is 5.91 Å². The Morgan fingerprint density at radius 1 is 1.14 bits per heavy atom. The second-order valence-corrected chi connectivity index (χ2v) is 6.24. The van der Waals surface area contributed by atoms with Gasteiger partial charge in [-0.25, -0.2) is 0 Å². The van der Waals surface area contributed by atoms with Crippen LogP contribution in [0.4, 0.5) is 0 Å². The van der Waals surface area contributed by atoms with Crippen LogP contribution in [0.3, 0.4) is 0 Å². The van der Waals surface area contributed by atoms with E-state index in [0.29, 0.717) is 12.3 Å². The predicted octanol–water partition coefficient (Wildman–Crippen LogP) is 4.20. The number of halogens is 1. The number of aryl methyl sites for hydroxylation is 1. The zero-order valence-corrected chi connectivity index (χ0v) is 13.5. The van der Waals surface area contributed by atoms with Crippen molar-refractivity contribution in [2.75, 3.05) is 5.75 Å². The van der Waals surface area contributed by atoms with Gasteiger partial charge in [0.05, 0.1) is 5.75 Å². The van der Waals surface area contributed by atoms with Crippen LogP contribution in [0.2, 0.25) is 5.02 Å². The minimum atomic E-state index is 0.0669. The monoisotopic (exact) mass is 319 g/mol. The number of benzene rings is 2. The van der Waals surface area contributed by atoms with Gasteiger partial charge in [-0.2, -0.15) is 0 Å². The molecule has 0 aliphatic rings. The summed E-state index contributed by atoms with van der Waals surface area (Å²) in [6.07, 6.45) is 0. The molecule has 0 fully saturated rings. The van der Waals surface area contributed by atoms with Crippen molar-refractivity contribution in [3.8, 4) is 0 Å². The van der Waals surface area contributed by atoms with E-state index in [4.69, 9.17) is 11.6 Å². The lowest BCUT2D eigenvalue weighted by Gasteiger charge is -2.08. The fourth-order valence-electron chi connectivity index (χ4n) is 1.90. The Bertz CT molecular complexity index is 598. The third kappa shape index (κ3) is 5.44. The topological polar surface area (TPSA) is 29.1 Å². The highest BCUT2D eigenvalue weighted by Gasteiger charge is 2.03. The Balaban J connectivity index is 1.70. The summed E-state index contributed by atoms with van der Waals surface area (Å²) in [5.74, 6) is 1.35. The van der Waals surface area contributed by atoms with Crippen molar-refractivity contribution in [2.24, 2.45) is 0 Å². The normalized spacial score (nSPS) is 10.4. The van der Waals surface area contributed by atoms with Gasteiger partial charge < -0.3 is 5.32 Å². The van der Waals surface area contributed by atoms with Gasteiger partial charge in [0.25, 0.3) is 0 Å². The number of nitrogens with one attached hydrogen (secondary N) is 1. The lowest BCUT2D eigenvalue weighted by atomic mass is 10.1. The van der Waals surface area contributed by atoms with Gasteiger partial charge in [-0.1, -0.05) is 48.0 Å². The molecule has 0 bridgehead atoms. The van der Waals surface area contributed by atoms with Gasteiger partial charge in [-0.3, -0.25) is 4.79 Å². The van der Waals surface area contributed by atoms with E-state index < -0.39 is 0 Å². The average molecular weight is 320 g/mol. The lowest BCUT2D eigenvalue weighted by Crippen LogP contribution is -2.24. The van der Waals surface area contributed by atoms with Crippen molar-refractivity contribution < 1.29 is 4.79 Å². The van der Waals surface area contributed by atoms with Crippen LogP contribution >= 0.6 is 23.4 Å². The molecule has 0 saturated carbocycles. The largest absolute Gasteiger partial charge is 0.351 e. The first-order valence-corrected chi connectivity index (χ1v) is 8.32. The predicted molar refractivity (Wildman–Crippen MR) is 90.6 cm³/mol. The van der Waals surface area contributed by atoms with Crippen LogP contribution in [0.1, 0.15) is 16.7 Å². The van der Waals surface area contributed by atoms with Crippen LogP contribution in [0.5, 0.6) is 0 Å². The SMILES string of the molecule is Cc1ccccc1CNC(=O)CSCc1ccc(Cl)cc1. The highest BCUT2D eigenvalue weighted by Crippen LogP contribution is 2.15. The molecule has 1 N–H and O–H groups in total. The van der Waals surface area contributed by atoms with Gasteiger partial charge in [0.1, 0.15) is 0 Å². The first-order valence-electron chi connectivity index (χ1n) is 6.78. The number of carbonyl (C=O) groups excluding carboxylic acids is 1. The fourth-order valence-corrected chi connectivity index (χ4v) is 2.84. The second kappa shape index (κ2) is 8.11. The highest BCUT2D eigenvalue weighted by atomic mass is 35.5. The van der Waals surface area contributed by atoms with Crippen molar-refractivity contribution in [3.05, 3.63) is 70.2 Å². The van der Waals surface area contributed by atoms with E-state index in [1.54, 1.807) is 11.8 Å². The zero-order chi connectivity index (χ0) is 15.1. The molecular weight excluding hydrogens is 302 g/mol. The van der Waals surface area contributed by atoms with Crippen LogP contribution in [0, 0.1) is 6.92 Å². The number of thioether (sulfide) groups is 1. The fraction of sp³-hybridized carbons (Fsp3) is 0.235. The van der Waals surface area contributed by atoms with Gasteiger partial charge in [0.2, 0.25) is 5.91 Å².